The fourth-order valence-corrected chi connectivity index (χ4v) is 2.50. The molecule has 1 fully saturated rings. The zero-order valence-corrected chi connectivity index (χ0v) is 12.2. The van der Waals surface area contributed by atoms with Crippen LogP contribution in [-0.2, 0) is 16.0 Å². The van der Waals surface area contributed by atoms with E-state index in [-0.39, 0.29) is 18.4 Å². The Hall–Kier alpha value is -1.55. The summed E-state index contributed by atoms with van der Waals surface area (Å²) >= 11 is 5.88. The van der Waals surface area contributed by atoms with Crippen molar-refractivity contribution in [2.75, 3.05) is 19.6 Å². The monoisotopic (exact) mass is 294 g/mol. The topological polar surface area (TPSA) is 49.4 Å². The molecule has 0 spiro atoms. The number of carbonyl (C=O) groups is 2. The van der Waals surface area contributed by atoms with E-state index >= 15 is 0 Å². The molecule has 0 bridgehead atoms. The van der Waals surface area contributed by atoms with Gasteiger partial charge in [-0.15, -0.1) is 0 Å². The molecular weight excluding hydrogens is 276 g/mol. The molecule has 1 saturated heterocycles. The minimum Gasteiger partial charge on any atom is -0.347 e. The average Bonchev–Trinajstić information content (AvgIpc) is 2.97. The third kappa shape index (κ3) is 4.53. The van der Waals surface area contributed by atoms with E-state index in [4.69, 9.17) is 11.6 Å². The predicted octanol–water partition coefficient (Wildman–Crippen LogP) is 2.01. The molecule has 5 heteroatoms. The molecule has 0 saturated carbocycles. The van der Waals surface area contributed by atoms with E-state index in [1.165, 1.54) is 0 Å². The molecule has 108 valence electrons. The second-order valence-corrected chi connectivity index (χ2v) is 5.43. The van der Waals surface area contributed by atoms with Gasteiger partial charge in [-0.1, -0.05) is 23.7 Å². The van der Waals surface area contributed by atoms with E-state index in [1.807, 2.05) is 18.2 Å². The van der Waals surface area contributed by atoms with Crippen molar-refractivity contribution in [2.45, 2.75) is 25.7 Å². The first-order valence-electron chi connectivity index (χ1n) is 6.94. The highest BCUT2D eigenvalue weighted by molar-refractivity contribution is 6.30. The van der Waals surface area contributed by atoms with Crippen LogP contribution in [0.5, 0.6) is 0 Å². The van der Waals surface area contributed by atoms with E-state index < -0.39 is 0 Å². The number of carbonyl (C=O) groups excluding carboxylic acids is 2. The van der Waals surface area contributed by atoms with Gasteiger partial charge in [-0.25, -0.2) is 0 Å². The highest BCUT2D eigenvalue weighted by Gasteiger charge is 2.17. The molecule has 1 N–H and O–H groups in total. The number of nitrogens with zero attached hydrogens (tertiary/aromatic N) is 1. The third-order valence-electron chi connectivity index (χ3n) is 3.43. The summed E-state index contributed by atoms with van der Waals surface area (Å²) in [7, 11) is 0. The van der Waals surface area contributed by atoms with Gasteiger partial charge in [0.2, 0.25) is 11.8 Å². The van der Waals surface area contributed by atoms with Crippen LogP contribution in [0.25, 0.3) is 0 Å². The maximum Gasteiger partial charge on any atom is 0.241 e. The van der Waals surface area contributed by atoms with Crippen molar-refractivity contribution in [1.29, 1.82) is 0 Å². The number of likely N-dealkylation sites (tertiary alicyclic amines) is 1. The highest BCUT2D eigenvalue weighted by Crippen LogP contribution is 2.12. The van der Waals surface area contributed by atoms with Crippen LogP contribution in [0.1, 0.15) is 24.8 Å². The van der Waals surface area contributed by atoms with Crippen molar-refractivity contribution in [3.05, 3.63) is 34.9 Å². The number of hydrogen-bond donors (Lipinski definition) is 1. The smallest absolute Gasteiger partial charge is 0.241 e. The zero-order chi connectivity index (χ0) is 14.4. The summed E-state index contributed by atoms with van der Waals surface area (Å²) < 4.78 is 0. The third-order valence-corrected chi connectivity index (χ3v) is 3.66. The minimum atomic E-state index is -0.0995. The van der Waals surface area contributed by atoms with Gasteiger partial charge in [-0.2, -0.15) is 0 Å². The minimum absolute atomic E-state index is 0.0126. The maximum atomic E-state index is 11.8. The molecule has 1 heterocycles. The molecule has 1 aromatic carbocycles. The summed E-state index contributed by atoms with van der Waals surface area (Å²) in [6, 6.07) is 7.46. The maximum absolute atomic E-state index is 11.8. The number of rotatable bonds is 5. The van der Waals surface area contributed by atoms with Gasteiger partial charge in [0.05, 0.1) is 6.54 Å². The number of nitrogens with one attached hydrogen (secondary N) is 1. The van der Waals surface area contributed by atoms with Gasteiger partial charge < -0.3 is 10.2 Å². The molecule has 1 aliphatic heterocycles. The van der Waals surface area contributed by atoms with Crippen LogP contribution in [0.4, 0.5) is 0 Å². The second-order valence-electron chi connectivity index (χ2n) is 4.99. The largest absolute Gasteiger partial charge is 0.347 e. The number of halogens is 1. The van der Waals surface area contributed by atoms with Gasteiger partial charge in [-0.05, 0) is 37.0 Å². The number of hydrogen-bond acceptors (Lipinski definition) is 2. The molecule has 2 amide bonds. The zero-order valence-electron chi connectivity index (χ0n) is 11.4. The van der Waals surface area contributed by atoms with Gasteiger partial charge in [0, 0.05) is 24.5 Å². The van der Waals surface area contributed by atoms with Crippen LogP contribution in [0.15, 0.2) is 24.3 Å². The van der Waals surface area contributed by atoms with E-state index in [2.05, 4.69) is 5.32 Å². The fourth-order valence-electron chi connectivity index (χ4n) is 2.29. The standard InChI is InChI=1S/C15H19ClN2O2/c16-13-5-3-4-12(10-13)6-7-14(19)17-11-15(20)18-8-1-2-9-18/h3-5,10H,1-2,6-9,11H2,(H,17,19). The van der Waals surface area contributed by atoms with Crippen LogP contribution in [0, 0.1) is 0 Å². The van der Waals surface area contributed by atoms with E-state index in [0.717, 1.165) is 31.5 Å². The Bertz CT molecular complexity index is 485. The van der Waals surface area contributed by atoms with Crippen molar-refractivity contribution in [3.63, 3.8) is 0 Å². The lowest BCUT2D eigenvalue weighted by atomic mass is 10.1. The molecule has 2 rings (SSSR count). The summed E-state index contributed by atoms with van der Waals surface area (Å²) in [5.41, 5.74) is 1.03. The highest BCUT2D eigenvalue weighted by atomic mass is 35.5. The van der Waals surface area contributed by atoms with Crippen molar-refractivity contribution in [3.8, 4) is 0 Å². The van der Waals surface area contributed by atoms with Crippen LogP contribution >= 0.6 is 11.6 Å². The Morgan fingerprint density at radius 3 is 2.70 bits per heavy atom. The Morgan fingerprint density at radius 1 is 1.25 bits per heavy atom. The first-order chi connectivity index (χ1) is 9.65. The number of aryl methyl sites for hydroxylation is 1. The molecule has 0 radical (unpaired) electrons. The van der Waals surface area contributed by atoms with Gasteiger partial charge in [-0.3, -0.25) is 9.59 Å². The van der Waals surface area contributed by atoms with Crippen molar-refractivity contribution in [2.24, 2.45) is 0 Å². The van der Waals surface area contributed by atoms with Crippen LogP contribution in [0.2, 0.25) is 5.02 Å². The first kappa shape index (κ1) is 14.9. The van der Waals surface area contributed by atoms with Gasteiger partial charge in [0.15, 0.2) is 0 Å². The van der Waals surface area contributed by atoms with Crippen molar-refractivity contribution >= 4 is 23.4 Å². The Morgan fingerprint density at radius 2 is 2.00 bits per heavy atom. The van der Waals surface area contributed by atoms with E-state index in [9.17, 15) is 9.59 Å². The fraction of sp³-hybridized carbons (Fsp3) is 0.467. The molecule has 20 heavy (non-hydrogen) atoms. The normalized spacial score (nSPS) is 14.3. The Labute approximate surface area is 124 Å². The summed E-state index contributed by atoms with van der Waals surface area (Å²) in [6.45, 7) is 1.74. The molecule has 0 atom stereocenters. The quantitative estimate of drug-likeness (QED) is 0.903. The lowest BCUT2D eigenvalue weighted by Crippen LogP contribution is -2.38. The Kier molecular flexibility index (Phi) is 5.41. The van der Waals surface area contributed by atoms with Gasteiger partial charge in [0.1, 0.15) is 0 Å². The van der Waals surface area contributed by atoms with Crippen LogP contribution < -0.4 is 5.32 Å². The summed E-state index contributed by atoms with van der Waals surface area (Å²) in [5.74, 6) is -0.0869. The predicted molar refractivity (Wildman–Crippen MR) is 78.6 cm³/mol. The van der Waals surface area contributed by atoms with Crippen molar-refractivity contribution in [1.82, 2.24) is 10.2 Å². The molecule has 1 aliphatic rings. The molecule has 0 unspecified atom stereocenters. The number of amides is 2. The van der Waals surface area contributed by atoms with Crippen LogP contribution in [0.3, 0.4) is 0 Å². The van der Waals surface area contributed by atoms with Crippen LogP contribution in [-0.4, -0.2) is 36.3 Å². The molecule has 1 aromatic rings. The first-order valence-corrected chi connectivity index (χ1v) is 7.32. The average molecular weight is 295 g/mol. The van der Waals surface area contributed by atoms with Gasteiger partial charge in [0.25, 0.3) is 0 Å². The van der Waals surface area contributed by atoms with Crippen molar-refractivity contribution < 1.29 is 9.59 Å². The van der Waals surface area contributed by atoms with E-state index in [0.29, 0.717) is 17.9 Å². The lowest BCUT2D eigenvalue weighted by Gasteiger charge is -2.15. The number of benzene rings is 1. The Balaban J connectivity index is 1.69. The summed E-state index contributed by atoms with van der Waals surface area (Å²) in [5, 5.41) is 3.35. The van der Waals surface area contributed by atoms with Gasteiger partial charge >= 0.3 is 0 Å². The SMILES string of the molecule is O=C(CCc1cccc(Cl)c1)NCC(=O)N1CCCC1. The summed E-state index contributed by atoms with van der Waals surface area (Å²) in [6.07, 6.45) is 3.13. The second kappa shape index (κ2) is 7.29. The molecule has 0 aliphatic carbocycles. The molecule has 0 aromatic heterocycles. The van der Waals surface area contributed by atoms with E-state index in [1.54, 1.807) is 11.0 Å². The lowest BCUT2D eigenvalue weighted by molar-refractivity contribution is -0.132. The summed E-state index contributed by atoms with van der Waals surface area (Å²) in [4.78, 5) is 25.3. The molecular formula is C15H19ClN2O2. The molecule has 4 nitrogen and oxygen atoms in total.